The van der Waals surface area contributed by atoms with E-state index in [0.29, 0.717) is 17.9 Å². The normalized spacial score (nSPS) is 17.0. The highest BCUT2D eigenvalue weighted by Gasteiger charge is 2.24. The molecule has 0 saturated heterocycles. The molecule has 2 aromatic rings. The van der Waals surface area contributed by atoms with E-state index in [0.717, 1.165) is 24.2 Å². The maximum absolute atomic E-state index is 13.9. The van der Waals surface area contributed by atoms with Crippen LogP contribution in [-0.4, -0.2) is 11.0 Å². The highest BCUT2D eigenvalue weighted by molar-refractivity contribution is 5.74. The number of nitrogens with zero attached hydrogens (tertiary/aromatic N) is 1. The van der Waals surface area contributed by atoms with E-state index in [1.54, 1.807) is 12.3 Å². The predicted octanol–water partition coefficient (Wildman–Crippen LogP) is 3.99. The summed E-state index contributed by atoms with van der Waals surface area (Å²) in [4.78, 5) is 16.4. The standard InChI is InChI=1S/C19H24FN3O2/c1-19(2,3)16-10-21-17(25-16)11-22-18(24)23-15-9-5-6-12-13(15)7-4-8-14(12)20/h4,7-8,10,15H,5-6,9,11H2,1-3H3,(H2,22,23,24). The molecule has 2 amide bonds. The zero-order chi connectivity index (χ0) is 18.0. The quantitative estimate of drug-likeness (QED) is 0.884. The van der Waals surface area contributed by atoms with Gasteiger partial charge in [0.15, 0.2) is 0 Å². The summed E-state index contributed by atoms with van der Waals surface area (Å²) in [5.74, 6) is 1.05. The Balaban J connectivity index is 1.59. The molecule has 0 radical (unpaired) electrons. The molecule has 6 heteroatoms. The molecule has 2 N–H and O–H groups in total. The van der Waals surface area contributed by atoms with Gasteiger partial charge in [-0.15, -0.1) is 0 Å². The summed E-state index contributed by atoms with van der Waals surface area (Å²) in [5.41, 5.74) is 1.46. The molecule has 1 unspecified atom stereocenters. The monoisotopic (exact) mass is 345 g/mol. The molecule has 1 heterocycles. The van der Waals surface area contributed by atoms with Gasteiger partial charge < -0.3 is 15.1 Å². The first kappa shape index (κ1) is 17.5. The number of benzene rings is 1. The summed E-state index contributed by atoms with van der Waals surface area (Å²) in [6, 6.07) is 4.56. The number of oxazole rings is 1. The van der Waals surface area contributed by atoms with Crippen LogP contribution < -0.4 is 10.6 Å². The number of rotatable bonds is 3. The van der Waals surface area contributed by atoms with Crippen molar-refractivity contribution in [2.24, 2.45) is 0 Å². The van der Waals surface area contributed by atoms with Crippen LogP contribution in [-0.2, 0) is 18.4 Å². The van der Waals surface area contributed by atoms with Gasteiger partial charge >= 0.3 is 6.03 Å². The number of halogens is 1. The fourth-order valence-electron chi connectivity index (χ4n) is 3.06. The molecule has 0 spiro atoms. The van der Waals surface area contributed by atoms with Crippen molar-refractivity contribution in [2.75, 3.05) is 0 Å². The molecule has 5 nitrogen and oxygen atoms in total. The molecular weight excluding hydrogens is 321 g/mol. The Morgan fingerprint density at radius 2 is 2.20 bits per heavy atom. The number of urea groups is 1. The van der Waals surface area contributed by atoms with E-state index in [-0.39, 0.29) is 29.8 Å². The highest BCUT2D eigenvalue weighted by Crippen LogP contribution is 2.31. The number of nitrogens with one attached hydrogen (secondary N) is 2. The first-order valence-corrected chi connectivity index (χ1v) is 8.61. The van der Waals surface area contributed by atoms with Crippen LogP contribution in [0.1, 0.15) is 62.4 Å². The van der Waals surface area contributed by atoms with Crippen LogP contribution in [0.25, 0.3) is 0 Å². The molecule has 1 aromatic heterocycles. The van der Waals surface area contributed by atoms with E-state index >= 15 is 0 Å². The van der Waals surface area contributed by atoms with Gasteiger partial charge in [0.1, 0.15) is 11.6 Å². The minimum atomic E-state index is -0.308. The third-order valence-corrected chi connectivity index (χ3v) is 4.45. The molecule has 1 aliphatic carbocycles. The number of carbonyl (C=O) groups excluding carboxylic acids is 1. The van der Waals surface area contributed by atoms with E-state index in [1.165, 1.54) is 6.07 Å². The first-order valence-electron chi connectivity index (χ1n) is 8.61. The fourth-order valence-corrected chi connectivity index (χ4v) is 3.06. The SMILES string of the molecule is CC(C)(C)c1cnc(CNC(=O)NC2CCCc3c(F)cccc32)o1. The number of carbonyl (C=O) groups is 1. The van der Waals surface area contributed by atoms with Crippen molar-refractivity contribution in [2.45, 2.75) is 58.0 Å². The number of amides is 2. The third-order valence-electron chi connectivity index (χ3n) is 4.45. The van der Waals surface area contributed by atoms with Gasteiger partial charge in [-0.05, 0) is 36.5 Å². The van der Waals surface area contributed by atoms with Gasteiger partial charge in [-0.2, -0.15) is 0 Å². The lowest BCUT2D eigenvalue weighted by Crippen LogP contribution is -2.38. The zero-order valence-corrected chi connectivity index (χ0v) is 14.9. The number of hydrogen-bond donors (Lipinski definition) is 2. The van der Waals surface area contributed by atoms with E-state index in [4.69, 9.17) is 4.42 Å². The summed E-state index contributed by atoms with van der Waals surface area (Å²) in [6.07, 6.45) is 4.06. The van der Waals surface area contributed by atoms with E-state index in [9.17, 15) is 9.18 Å². The van der Waals surface area contributed by atoms with Gasteiger partial charge in [-0.25, -0.2) is 14.2 Å². The number of aromatic nitrogens is 1. The average molecular weight is 345 g/mol. The summed E-state index contributed by atoms with van der Waals surface area (Å²) in [7, 11) is 0. The van der Waals surface area contributed by atoms with Crippen LogP contribution >= 0.6 is 0 Å². The Labute approximate surface area is 147 Å². The molecular formula is C19H24FN3O2. The Hall–Kier alpha value is -2.37. The Kier molecular flexibility index (Phi) is 4.79. The van der Waals surface area contributed by atoms with Crippen LogP contribution in [0.2, 0.25) is 0 Å². The smallest absolute Gasteiger partial charge is 0.315 e. The topological polar surface area (TPSA) is 67.2 Å². The van der Waals surface area contributed by atoms with E-state index in [2.05, 4.69) is 15.6 Å². The summed E-state index contributed by atoms with van der Waals surface area (Å²) < 4.78 is 19.6. The third kappa shape index (κ3) is 4.00. The molecule has 3 rings (SSSR count). The molecule has 1 atom stereocenters. The lowest BCUT2D eigenvalue weighted by molar-refractivity contribution is 0.233. The maximum Gasteiger partial charge on any atom is 0.315 e. The van der Waals surface area contributed by atoms with Gasteiger partial charge in [-0.3, -0.25) is 0 Å². The Bertz CT molecular complexity index is 764. The molecule has 0 bridgehead atoms. The van der Waals surface area contributed by atoms with Crippen LogP contribution in [0.4, 0.5) is 9.18 Å². The second-order valence-electron chi connectivity index (χ2n) is 7.45. The molecule has 25 heavy (non-hydrogen) atoms. The predicted molar refractivity (Wildman–Crippen MR) is 92.7 cm³/mol. The van der Waals surface area contributed by atoms with Crippen LogP contribution in [0.3, 0.4) is 0 Å². The van der Waals surface area contributed by atoms with Crippen LogP contribution in [0, 0.1) is 5.82 Å². The summed E-state index contributed by atoms with van der Waals surface area (Å²) >= 11 is 0. The minimum absolute atomic E-state index is 0.122. The molecule has 0 saturated carbocycles. The largest absolute Gasteiger partial charge is 0.443 e. The molecule has 1 aromatic carbocycles. The second-order valence-corrected chi connectivity index (χ2v) is 7.45. The Morgan fingerprint density at radius 1 is 1.40 bits per heavy atom. The lowest BCUT2D eigenvalue weighted by Gasteiger charge is -2.26. The van der Waals surface area contributed by atoms with Gasteiger partial charge in [0.2, 0.25) is 5.89 Å². The van der Waals surface area contributed by atoms with Crippen molar-refractivity contribution in [3.05, 3.63) is 53.0 Å². The minimum Gasteiger partial charge on any atom is -0.443 e. The van der Waals surface area contributed by atoms with Gasteiger partial charge in [0.25, 0.3) is 0 Å². The molecule has 0 fully saturated rings. The highest BCUT2D eigenvalue weighted by atomic mass is 19.1. The van der Waals surface area contributed by atoms with E-state index < -0.39 is 0 Å². The first-order chi connectivity index (χ1) is 11.8. The molecule has 134 valence electrons. The molecule has 1 aliphatic rings. The van der Waals surface area contributed by atoms with Gasteiger partial charge in [0.05, 0.1) is 18.8 Å². The molecule has 0 aliphatic heterocycles. The van der Waals surface area contributed by atoms with Gasteiger partial charge in [-0.1, -0.05) is 32.9 Å². The number of fused-ring (bicyclic) bond motifs is 1. The van der Waals surface area contributed by atoms with Crippen LogP contribution in [0.5, 0.6) is 0 Å². The van der Waals surface area contributed by atoms with Crippen LogP contribution in [0.15, 0.2) is 28.8 Å². The number of hydrogen-bond acceptors (Lipinski definition) is 3. The van der Waals surface area contributed by atoms with Crippen molar-refractivity contribution in [3.8, 4) is 0 Å². The average Bonchev–Trinajstić information content (AvgIpc) is 3.03. The second kappa shape index (κ2) is 6.86. The van der Waals surface area contributed by atoms with Crippen molar-refractivity contribution < 1.29 is 13.6 Å². The fraction of sp³-hybridized carbons (Fsp3) is 0.474. The van der Waals surface area contributed by atoms with Crippen molar-refractivity contribution in [3.63, 3.8) is 0 Å². The van der Waals surface area contributed by atoms with Crippen molar-refractivity contribution in [1.82, 2.24) is 15.6 Å². The zero-order valence-electron chi connectivity index (χ0n) is 14.9. The summed E-state index contributed by atoms with van der Waals surface area (Å²) in [5, 5.41) is 5.68. The van der Waals surface area contributed by atoms with Crippen molar-refractivity contribution in [1.29, 1.82) is 0 Å². The lowest BCUT2D eigenvalue weighted by atomic mass is 9.87. The summed E-state index contributed by atoms with van der Waals surface area (Å²) in [6.45, 7) is 6.33. The van der Waals surface area contributed by atoms with E-state index in [1.807, 2.05) is 26.8 Å². The Morgan fingerprint density at radius 3 is 2.92 bits per heavy atom. The van der Waals surface area contributed by atoms with Gasteiger partial charge in [0, 0.05) is 5.41 Å². The maximum atomic E-state index is 13.9. The van der Waals surface area contributed by atoms with Crippen molar-refractivity contribution >= 4 is 6.03 Å².